The van der Waals surface area contributed by atoms with Gasteiger partial charge in [-0.15, -0.1) is 11.8 Å². The molecule has 1 saturated carbocycles. The molecule has 1 aromatic carbocycles. The number of halogens is 1. The zero-order valence-electron chi connectivity index (χ0n) is 15.9. The fourth-order valence-corrected chi connectivity index (χ4v) is 5.53. The van der Waals surface area contributed by atoms with E-state index in [0.29, 0.717) is 23.8 Å². The predicted octanol–water partition coefficient (Wildman–Crippen LogP) is 4.63. The minimum atomic E-state index is -0.559. The van der Waals surface area contributed by atoms with Gasteiger partial charge in [-0.2, -0.15) is 0 Å². The second-order valence-electron chi connectivity index (χ2n) is 7.38. The third-order valence-electron chi connectivity index (χ3n) is 5.43. The van der Waals surface area contributed by atoms with Gasteiger partial charge in [-0.05, 0) is 49.4 Å². The zero-order valence-corrected chi connectivity index (χ0v) is 16.7. The Morgan fingerprint density at radius 1 is 1.19 bits per heavy atom. The van der Waals surface area contributed by atoms with E-state index in [1.807, 2.05) is 6.92 Å². The molecule has 0 spiro atoms. The summed E-state index contributed by atoms with van der Waals surface area (Å²) in [5.74, 6) is 0.0834. The standard InChI is InChI=1S/C21H28FNO3S/c1-2-3-13-26-21(25)18-14-27-20(16-7-5-4-6-8-16)23(18)19(24)15-9-11-17(22)12-10-15/h9-12,16,18,20H,2-8,13-14H2,1H3. The van der Waals surface area contributed by atoms with Crippen LogP contribution >= 0.6 is 11.8 Å². The fraction of sp³-hybridized carbons (Fsp3) is 0.619. The zero-order chi connectivity index (χ0) is 19.2. The molecule has 0 radical (unpaired) electrons. The molecule has 2 fully saturated rings. The number of unbranched alkanes of at least 4 members (excludes halogenated alkanes) is 1. The molecule has 3 rings (SSSR count). The smallest absolute Gasteiger partial charge is 0.329 e. The van der Waals surface area contributed by atoms with E-state index in [-0.39, 0.29) is 23.1 Å². The number of hydrogen-bond acceptors (Lipinski definition) is 4. The van der Waals surface area contributed by atoms with Crippen molar-refractivity contribution in [3.63, 3.8) is 0 Å². The SMILES string of the molecule is CCCCOC(=O)C1CSC(C2CCCCC2)N1C(=O)c1ccc(F)cc1. The first-order valence-corrected chi connectivity index (χ1v) is 11.0. The molecule has 6 heteroatoms. The highest BCUT2D eigenvalue weighted by Crippen LogP contribution is 2.41. The van der Waals surface area contributed by atoms with E-state index in [2.05, 4.69) is 0 Å². The number of nitrogens with zero attached hydrogens (tertiary/aromatic N) is 1. The molecule has 1 heterocycles. The molecular weight excluding hydrogens is 365 g/mol. The average Bonchev–Trinajstić information content (AvgIpc) is 3.14. The summed E-state index contributed by atoms with van der Waals surface area (Å²) >= 11 is 1.69. The average molecular weight is 394 g/mol. The van der Waals surface area contributed by atoms with Gasteiger partial charge in [0, 0.05) is 11.3 Å². The van der Waals surface area contributed by atoms with Gasteiger partial charge in [0.1, 0.15) is 11.9 Å². The first kappa shape index (κ1) is 20.2. The van der Waals surface area contributed by atoms with Crippen LogP contribution in [0.3, 0.4) is 0 Å². The maximum absolute atomic E-state index is 13.3. The molecular formula is C21H28FNO3S. The van der Waals surface area contributed by atoms with Crippen LogP contribution in [0.2, 0.25) is 0 Å². The van der Waals surface area contributed by atoms with Crippen molar-refractivity contribution in [2.24, 2.45) is 5.92 Å². The first-order chi connectivity index (χ1) is 13.1. The van der Waals surface area contributed by atoms with Crippen LogP contribution < -0.4 is 0 Å². The summed E-state index contributed by atoms with van der Waals surface area (Å²) in [5, 5.41) is -0.00780. The monoisotopic (exact) mass is 393 g/mol. The minimum Gasteiger partial charge on any atom is -0.464 e. The number of rotatable bonds is 6. The number of carbonyl (C=O) groups is 2. The lowest BCUT2D eigenvalue weighted by atomic mass is 9.88. The van der Waals surface area contributed by atoms with Crippen molar-refractivity contribution in [2.45, 2.75) is 63.3 Å². The molecule has 2 unspecified atom stereocenters. The van der Waals surface area contributed by atoms with Crippen molar-refractivity contribution in [1.82, 2.24) is 4.90 Å². The van der Waals surface area contributed by atoms with Gasteiger partial charge < -0.3 is 9.64 Å². The molecule has 1 aliphatic heterocycles. The van der Waals surface area contributed by atoms with Crippen LogP contribution in [0, 0.1) is 11.7 Å². The van der Waals surface area contributed by atoms with Crippen LogP contribution in [-0.2, 0) is 9.53 Å². The van der Waals surface area contributed by atoms with E-state index >= 15 is 0 Å². The molecule has 2 aliphatic rings. The van der Waals surface area contributed by atoms with Crippen LogP contribution in [0.25, 0.3) is 0 Å². The van der Waals surface area contributed by atoms with E-state index in [9.17, 15) is 14.0 Å². The molecule has 0 N–H and O–H groups in total. The maximum Gasteiger partial charge on any atom is 0.329 e. The molecule has 1 amide bonds. The number of thioether (sulfide) groups is 1. The molecule has 1 aromatic rings. The third kappa shape index (κ3) is 4.84. The van der Waals surface area contributed by atoms with Crippen molar-refractivity contribution in [2.75, 3.05) is 12.4 Å². The number of amides is 1. The normalized spacial score (nSPS) is 23.4. The molecule has 2 atom stereocenters. The molecule has 0 bridgehead atoms. The summed E-state index contributed by atoms with van der Waals surface area (Å²) < 4.78 is 18.7. The van der Waals surface area contributed by atoms with Crippen molar-refractivity contribution >= 4 is 23.6 Å². The first-order valence-electron chi connectivity index (χ1n) is 9.98. The van der Waals surface area contributed by atoms with Gasteiger partial charge in [0.05, 0.1) is 12.0 Å². The van der Waals surface area contributed by atoms with E-state index < -0.39 is 6.04 Å². The number of hydrogen-bond donors (Lipinski definition) is 0. The molecule has 1 saturated heterocycles. The van der Waals surface area contributed by atoms with E-state index in [1.54, 1.807) is 16.7 Å². The summed E-state index contributed by atoms with van der Waals surface area (Å²) in [6, 6.07) is 5.02. The van der Waals surface area contributed by atoms with Crippen LogP contribution in [0.5, 0.6) is 0 Å². The summed E-state index contributed by atoms with van der Waals surface area (Å²) in [4.78, 5) is 27.6. The maximum atomic E-state index is 13.3. The van der Waals surface area contributed by atoms with Crippen molar-refractivity contribution in [1.29, 1.82) is 0 Å². The van der Waals surface area contributed by atoms with E-state index in [0.717, 1.165) is 25.7 Å². The lowest BCUT2D eigenvalue weighted by molar-refractivity contribution is -0.148. The number of benzene rings is 1. The molecule has 0 aromatic heterocycles. The highest BCUT2D eigenvalue weighted by molar-refractivity contribution is 8.00. The largest absolute Gasteiger partial charge is 0.464 e. The Bertz CT molecular complexity index is 645. The predicted molar refractivity (Wildman–Crippen MR) is 105 cm³/mol. The summed E-state index contributed by atoms with van der Waals surface area (Å²) in [7, 11) is 0. The molecule has 27 heavy (non-hydrogen) atoms. The van der Waals surface area contributed by atoms with Gasteiger partial charge in [-0.1, -0.05) is 32.6 Å². The second-order valence-corrected chi connectivity index (χ2v) is 8.53. The highest BCUT2D eigenvalue weighted by atomic mass is 32.2. The van der Waals surface area contributed by atoms with Crippen LogP contribution in [-0.4, -0.2) is 40.6 Å². The Hall–Kier alpha value is -1.56. The number of ether oxygens (including phenoxy) is 1. The van der Waals surface area contributed by atoms with Crippen LogP contribution in [0.4, 0.5) is 4.39 Å². The fourth-order valence-electron chi connectivity index (χ4n) is 3.90. The van der Waals surface area contributed by atoms with Gasteiger partial charge >= 0.3 is 5.97 Å². The Morgan fingerprint density at radius 3 is 2.56 bits per heavy atom. The number of carbonyl (C=O) groups excluding carboxylic acids is 2. The quantitative estimate of drug-likeness (QED) is 0.522. The van der Waals surface area contributed by atoms with Crippen molar-refractivity contribution < 1.29 is 18.7 Å². The molecule has 1 aliphatic carbocycles. The van der Waals surface area contributed by atoms with Crippen LogP contribution in [0.15, 0.2) is 24.3 Å². The van der Waals surface area contributed by atoms with Crippen molar-refractivity contribution in [3.8, 4) is 0 Å². The second kappa shape index (κ2) is 9.58. The Kier molecular flexibility index (Phi) is 7.16. The van der Waals surface area contributed by atoms with Gasteiger partial charge in [-0.3, -0.25) is 4.79 Å². The summed E-state index contributed by atoms with van der Waals surface area (Å²) in [6.07, 6.45) is 7.53. The minimum absolute atomic E-state index is 0.00780. The summed E-state index contributed by atoms with van der Waals surface area (Å²) in [6.45, 7) is 2.44. The van der Waals surface area contributed by atoms with Gasteiger partial charge in [0.2, 0.25) is 0 Å². The van der Waals surface area contributed by atoms with E-state index in [1.165, 1.54) is 43.5 Å². The molecule has 148 valence electrons. The Morgan fingerprint density at radius 2 is 1.89 bits per heavy atom. The lowest BCUT2D eigenvalue weighted by Crippen LogP contribution is -2.48. The third-order valence-corrected chi connectivity index (χ3v) is 6.89. The Balaban J connectivity index is 1.80. The van der Waals surface area contributed by atoms with Gasteiger partial charge in [0.25, 0.3) is 5.91 Å². The lowest BCUT2D eigenvalue weighted by Gasteiger charge is -2.35. The van der Waals surface area contributed by atoms with E-state index in [4.69, 9.17) is 4.74 Å². The number of esters is 1. The van der Waals surface area contributed by atoms with Gasteiger partial charge in [-0.25, -0.2) is 9.18 Å². The van der Waals surface area contributed by atoms with Crippen molar-refractivity contribution in [3.05, 3.63) is 35.6 Å². The highest BCUT2D eigenvalue weighted by Gasteiger charge is 2.45. The molecule has 4 nitrogen and oxygen atoms in total. The van der Waals surface area contributed by atoms with Gasteiger partial charge in [0.15, 0.2) is 0 Å². The topological polar surface area (TPSA) is 46.6 Å². The Labute approximate surface area is 164 Å². The summed E-state index contributed by atoms with van der Waals surface area (Å²) in [5.41, 5.74) is 0.422. The van der Waals surface area contributed by atoms with Crippen LogP contribution in [0.1, 0.15) is 62.2 Å².